The Morgan fingerprint density at radius 1 is 0.534 bits per heavy atom. The number of phosphoric acid groups is 1. The number of hydrogen-bond donors (Lipinski definition) is 1. The molecule has 1 N–H and O–H groups in total. The van der Waals surface area contributed by atoms with Gasteiger partial charge in [0.15, 0.2) is 6.10 Å². The Morgan fingerprint density at radius 3 is 1.43 bits per heavy atom. The molecule has 0 bridgehead atoms. The number of likely N-dealkylation sites (N-methyl/N-ethyl adjacent to an activating group) is 1. The first kappa shape index (κ1) is 56.5. The lowest BCUT2D eigenvalue weighted by atomic mass is 10.0. The van der Waals surface area contributed by atoms with E-state index in [0.29, 0.717) is 17.4 Å². The number of carbonyl (C=O) groups is 2. The zero-order chi connectivity index (χ0) is 42.8. The summed E-state index contributed by atoms with van der Waals surface area (Å²) in [5.74, 6) is -0.866. The second-order valence-electron chi connectivity index (χ2n) is 17.5. The van der Waals surface area contributed by atoms with Gasteiger partial charge in [0.25, 0.3) is 0 Å². The first-order valence-electron chi connectivity index (χ1n) is 24.1. The minimum absolute atomic E-state index is 0.0247. The van der Waals surface area contributed by atoms with E-state index in [9.17, 15) is 19.0 Å². The fraction of sp³-hybridized carbons (Fsp3) is 0.875. The van der Waals surface area contributed by atoms with Crippen molar-refractivity contribution >= 4 is 19.8 Å². The molecule has 0 saturated heterocycles. The van der Waals surface area contributed by atoms with E-state index >= 15 is 0 Å². The van der Waals surface area contributed by atoms with E-state index < -0.39 is 26.5 Å². The van der Waals surface area contributed by atoms with Crippen molar-refractivity contribution in [1.29, 1.82) is 0 Å². The highest BCUT2D eigenvalue weighted by Crippen LogP contribution is 2.43. The maximum absolute atomic E-state index is 12.7. The zero-order valence-corrected chi connectivity index (χ0v) is 39.4. The number of quaternary nitrogens is 1. The van der Waals surface area contributed by atoms with Gasteiger partial charge in [-0.05, 0) is 32.1 Å². The number of nitrogens with zero attached hydrogens (tertiary/aromatic N) is 1. The van der Waals surface area contributed by atoms with Gasteiger partial charge in [-0.2, -0.15) is 0 Å². The summed E-state index contributed by atoms with van der Waals surface area (Å²) in [6.07, 6.45) is 45.3. The molecule has 0 rings (SSSR count). The number of carbonyl (C=O) groups excluding carboxylic acids is 2. The molecular formula is C48H93NO8P+. The molecular weight excluding hydrogens is 750 g/mol. The van der Waals surface area contributed by atoms with Gasteiger partial charge >= 0.3 is 19.8 Å². The SMILES string of the molecule is CCCCCCCCCC/C=C\C/C=C\CCC(=O)OC(COC(=O)CCCCCCCCCCCCCCCCCCCCC)COP(=O)(O)OCC[N+](C)(C)C. The molecule has 0 aromatic carbocycles. The highest BCUT2D eigenvalue weighted by Gasteiger charge is 2.27. The Labute approximate surface area is 358 Å². The van der Waals surface area contributed by atoms with Crippen LogP contribution in [0.15, 0.2) is 24.3 Å². The maximum Gasteiger partial charge on any atom is 0.472 e. The molecule has 0 spiro atoms. The van der Waals surface area contributed by atoms with Crippen molar-refractivity contribution in [3.63, 3.8) is 0 Å². The number of ether oxygens (including phenoxy) is 2. The lowest BCUT2D eigenvalue weighted by Crippen LogP contribution is -2.37. The van der Waals surface area contributed by atoms with Gasteiger partial charge in [-0.25, -0.2) is 4.57 Å². The molecule has 58 heavy (non-hydrogen) atoms. The van der Waals surface area contributed by atoms with Gasteiger partial charge in [0.05, 0.1) is 27.7 Å². The Balaban J connectivity index is 4.31. The van der Waals surface area contributed by atoms with Crippen molar-refractivity contribution < 1.29 is 42.1 Å². The van der Waals surface area contributed by atoms with E-state index in [2.05, 4.69) is 26.0 Å². The standard InChI is InChI=1S/C48H92NO8P/c1-6-8-10-12-14-16-18-20-22-23-24-25-27-28-30-32-34-36-38-40-47(50)54-44-46(45-56-58(52,53)55-43-42-49(3,4)5)57-48(51)41-39-37-35-33-31-29-26-21-19-17-15-13-11-9-7-2/h29,31,35,37,46H,6-28,30,32-34,36,38-45H2,1-5H3/p+1/b31-29-,37-35-. The second-order valence-corrected chi connectivity index (χ2v) is 19.0. The molecule has 2 unspecified atom stereocenters. The molecule has 0 fully saturated rings. The summed E-state index contributed by atoms with van der Waals surface area (Å²) in [5, 5.41) is 0. The third-order valence-corrected chi connectivity index (χ3v) is 11.5. The van der Waals surface area contributed by atoms with Crippen LogP contribution in [-0.4, -0.2) is 74.9 Å². The summed E-state index contributed by atoms with van der Waals surface area (Å²) in [6.45, 7) is 4.39. The average molecular weight is 843 g/mol. The van der Waals surface area contributed by atoms with Crippen LogP contribution in [0, 0.1) is 0 Å². The van der Waals surface area contributed by atoms with Crippen molar-refractivity contribution in [2.45, 2.75) is 225 Å². The van der Waals surface area contributed by atoms with Gasteiger partial charge in [-0.3, -0.25) is 18.6 Å². The summed E-state index contributed by atoms with van der Waals surface area (Å²) in [5.41, 5.74) is 0. The molecule has 342 valence electrons. The van der Waals surface area contributed by atoms with E-state index in [1.807, 2.05) is 33.3 Å². The van der Waals surface area contributed by atoms with Crippen LogP contribution in [0.4, 0.5) is 0 Å². The molecule has 0 saturated carbocycles. The van der Waals surface area contributed by atoms with Crippen LogP contribution in [0.5, 0.6) is 0 Å². The molecule has 0 aliphatic heterocycles. The zero-order valence-electron chi connectivity index (χ0n) is 38.5. The number of allylic oxidation sites excluding steroid dienone is 4. The molecule has 0 aliphatic rings. The van der Waals surface area contributed by atoms with E-state index in [1.54, 1.807) is 0 Å². The van der Waals surface area contributed by atoms with Gasteiger partial charge in [0.1, 0.15) is 19.8 Å². The number of hydrogen-bond acceptors (Lipinski definition) is 7. The van der Waals surface area contributed by atoms with Crippen molar-refractivity contribution in [3.8, 4) is 0 Å². The van der Waals surface area contributed by atoms with Crippen LogP contribution in [0.2, 0.25) is 0 Å². The highest BCUT2D eigenvalue weighted by molar-refractivity contribution is 7.47. The smallest absolute Gasteiger partial charge is 0.462 e. The minimum atomic E-state index is -4.39. The quantitative estimate of drug-likeness (QED) is 0.0212. The molecule has 0 aromatic rings. The molecule has 0 aromatic heterocycles. The van der Waals surface area contributed by atoms with E-state index in [0.717, 1.165) is 32.1 Å². The number of esters is 2. The van der Waals surface area contributed by atoms with Crippen molar-refractivity contribution in [2.24, 2.45) is 0 Å². The fourth-order valence-corrected chi connectivity index (χ4v) is 7.46. The van der Waals surface area contributed by atoms with E-state index in [1.165, 1.54) is 154 Å². The summed E-state index contributed by atoms with van der Waals surface area (Å²) >= 11 is 0. The van der Waals surface area contributed by atoms with E-state index in [-0.39, 0.29) is 32.0 Å². The summed E-state index contributed by atoms with van der Waals surface area (Å²) in [7, 11) is 1.45. The van der Waals surface area contributed by atoms with Crippen LogP contribution in [0.3, 0.4) is 0 Å². The predicted molar refractivity (Wildman–Crippen MR) is 243 cm³/mol. The van der Waals surface area contributed by atoms with Crippen molar-refractivity contribution in [1.82, 2.24) is 0 Å². The normalized spacial score (nSPS) is 13.7. The van der Waals surface area contributed by atoms with Crippen LogP contribution in [0.1, 0.15) is 219 Å². The van der Waals surface area contributed by atoms with Crippen molar-refractivity contribution in [2.75, 3.05) is 47.5 Å². The highest BCUT2D eigenvalue weighted by atomic mass is 31.2. The third kappa shape index (κ3) is 44.1. The largest absolute Gasteiger partial charge is 0.472 e. The van der Waals surface area contributed by atoms with Gasteiger partial charge in [-0.1, -0.05) is 199 Å². The van der Waals surface area contributed by atoms with Crippen LogP contribution < -0.4 is 0 Å². The Bertz CT molecular complexity index is 1040. The summed E-state index contributed by atoms with van der Waals surface area (Å²) in [4.78, 5) is 35.4. The van der Waals surface area contributed by atoms with Gasteiger partial charge < -0.3 is 18.9 Å². The molecule has 0 amide bonds. The predicted octanol–water partition coefficient (Wildman–Crippen LogP) is 13.9. The van der Waals surface area contributed by atoms with Crippen LogP contribution in [0.25, 0.3) is 0 Å². The average Bonchev–Trinajstić information content (AvgIpc) is 3.17. The summed E-state index contributed by atoms with van der Waals surface area (Å²) in [6, 6.07) is 0. The van der Waals surface area contributed by atoms with Gasteiger partial charge in [0.2, 0.25) is 0 Å². The van der Waals surface area contributed by atoms with E-state index in [4.69, 9.17) is 18.5 Å². The number of rotatable bonds is 44. The maximum atomic E-state index is 12.7. The molecule has 10 heteroatoms. The monoisotopic (exact) mass is 843 g/mol. The minimum Gasteiger partial charge on any atom is -0.462 e. The second kappa shape index (κ2) is 40.9. The molecule has 0 aliphatic carbocycles. The molecule has 0 radical (unpaired) electrons. The molecule has 9 nitrogen and oxygen atoms in total. The van der Waals surface area contributed by atoms with Crippen molar-refractivity contribution in [3.05, 3.63) is 24.3 Å². The Kier molecular flexibility index (Phi) is 39.8. The molecule has 0 heterocycles. The number of unbranched alkanes of at least 4 members (excludes halogenated alkanes) is 26. The molecule has 2 atom stereocenters. The lowest BCUT2D eigenvalue weighted by Gasteiger charge is -2.24. The van der Waals surface area contributed by atoms with Gasteiger partial charge in [-0.15, -0.1) is 0 Å². The lowest BCUT2D eigenvalue weighted by molar-refractivity contribution is -0.870. The first-order chi connectivity index (χ1) is 28.0. The summed E-state index contributed by atoms with van der Waals surface area (Å²) < 4.78 is 34.3. The van der Waals surface area contributed by atoms with Gasteiger partial charge in [0, 0.05) is 12.8 Å². The fourth-order valence-electron chi connectivity index (χ4n) is 6.72. The third-order valence-electron chi connectivity index (χ3n) is 10.5. The Morgan fingerprint density at radius 2 is 0.966 bits per heavy atom. The van der Waals surface area contributed by atoms with Crippen LogP contribution in [-0.2, 0) is 32.7 Å². The topological polar surface area (TPSA) is 108 Å². The number of phosphoric ester groups is 1. The van der Waals surface area contributed by atoms with Crippen LogP contribution >= 0.6 is 7.82 Å². The first-order valence-corrected chi connectivity index (χ1v) is 25.6. The Hall–Kier alpha value is -1.51.